The lowest BCUT2D eigenvalue weighted by molar-refractivity contribution is 0.414. The molecule has 0 heterocycles. The average Bonchev–Trinajstić information content (AvgIpc) is 2.84. The summed E-state index contributed by atoms with van der Waals surface area (Å²) in [6.45, 7) is 2.13. The van der Waals surface area contributed by atoms with E-state index in [1.165, 1.54) is 27.8 Å². The molecular formula is C29H28O2. The fourth-order valence-corrected chi connectivity index (χ4v) is 4.21. The van der Waals surface area contributed by atoms with Gasteiger partial charge in [0.2, 0.25) is 0 Å². The number of hydrogen-bond acceptors (Lipinski definition) is 2. The number of rotatable bonds is 7. The fourth-order valence-electron chi connectivity index (χ4n) is 4.21. The van der Waals surface area contributed by atoms with E-state index in [9.17, 15) is 0 Å². The zero-order chi connectivity index (χ0) is 21.6. The smallest absolute Gasteiger partial charge is 0.118 e. The topological polar surface area (TPSA) is 18.5 Å². The molecule has 0 radical (unpaired) electrons. The van der Waals surface area contributed by atoms with Crippen LogP contribution >= 0.6 is 0 Å². The first kappa shape index (κ1) is 20.7. The van der Waals surface area contributed by atoms with Crippen LogP contribution in [0.25, 0.3) is 0 Å². The Balaban J connectivity index is 1.90. The van der Waals surface area contributed by atoms with Gasteiger partial charge >= 0.3 is 0 Å². The van der Waals surface area contributed by atoms with Crippen molar-refractivity contribution < 1.29 is 9.47 Å². The molecule has 0 aliphatic carbocycles. The third-order valence-corrected chi connectivity index (χ3v) is 5.88. The summed E-state index contributed by atoms with van der Waals surface area (Å²) in [5.74, 6) is 2.05. The molecule has 0 aliphatic heterocycles. The Kier molecular flexibility index (Phi) is 6.37. The van der Waals surface area contributed by atoms with E-state index in [4.69, 9.17) is 9.47 Å². The molecule has 31 heavy (non-hydrogen) atoms. The van der Waals surface area contributed by atoms with Crippen LogP contribution in [0.3, 0.4) is 0 Å². The van der Waals surface area contributed by atoms with E-state index in [2.05, 4.69) is 85.8 Å². The summed E-state index contributed by atoms with van der Waals surface area (Å²) in [6, 6.07) is 36.6. The van der Waals surface area contributed by atoms with Crippen LogP contribution in [0.15, 0.2) is 103 Å². The van der Waals surface area contributed by atoms with Crippen molar-refractivity contribution in [2.75, 3.05) is 14.2 Å². The van der Waals surface area contributed by atoms with Gasteiger partial charge in [-0.2, -0.15) is 0 Å². The number of aryl methyl sites for hydroxylation is 1. The SMILES string of the molecule is COc1ccc(C(c2ccccc2)C(c2ccc(C)cc2)c2ccc(OC)cc2)cc1. The first-order valence-corrected chi connectivity index (χ1v) is 10.6. The van der Waals surface area contributed by atoms with Crippen LogP contribution < -0.4 is 9.47 Å². The zero-order valence-corrected chi connectivity index (χ0v) is 18.3. The minimum atomic E-state index is 0.155. The lowest BCUT2D eigenvalue weighted by Crippen LogP contribution is -2.15. The normalized spacial score (nSPS) is 12.7. The van der Waals surface area contributed by atoms with Crippen LogP contribution in [0.4, 0.5) is 0 Å². The van der Waals surface area contributed by atoms with Gasteiger partial charge in [0.1, 0.15) is 11.5 Å². The average molecular weight is 409 g/mol. The van der Waals surface area contributed by atoms with Gasteiger partial charge < -0.3 is 9.47 Å². The first-order chi connectivity index (χ1) is 15.2. The number of hydrogen-bond donors (Lipinski definition) is 0. The molecule has 2 nitrogen and oxygen atoms in total. The molecule has 4 aromatic carbocycles. The molecular weight excluding hydrogens is 380 g/mol. The quantitative estimate of drug-likeness (QED) is 0.328. The van der Waals surface area contributed by atoms with Gasteiger partial charge in [-0.25, -0.2) is 0 Å². The molecule has 4 rings (SSSR count). The third-order valence-electron chi connectivity index (χ3n) is 5.88. The summed E-state index contributed by atoms with van der Waals surface area (Å²) < 4.78 is 10.8. The molecule has 4 aromatic rings. The first-order valence-electron chi connectivity index (χ1n) is 10.6. The maximum absolute atomic E-state index is 5.41. The number of benzene rings is 4. The van der Waals surface area contributed by atoms with Crippen molar-refractivity contribution >= 4 is 0 Å². The summed E-state index contributed by atoms with van der Waals surface area (Å²) in [7, 11) is 3.41. The van der Waals surface area contributed by atoms with Gasteiger partial charge in [0.25, 0.3) is 0 Å². The Morgan fingerprint density at radius 1 is 0.452 bits per heavy atom. The molecule has 0 saturated heterocycles. The summed E-state index contributed by atoms with van der Waals surface area (Å²) >= 11 is 0. The molecule has 0 aliphatic rings. The molecule has 2 heteroatoms. The van der Waals surface area contributed by atoms with Crippen LogP contribution in [-0.2, 0) is 0 Å². The highest BCUT2D eigenvalue weighted by Crippen LogP contribution is 2.43. The van der Waals surface area contributed by atoms with E-state index in [0.717, 1.165) is 11.5 Å². The predicted octanol–water partition coefficient (Wildman–Crippen LogP) is 6.98. The van der Waals surface area contributed by atoms with Crippen molar-refractivity contribution in [3.63, 3.8) is 0 Å². The van der Waals surface area contributed by atoms with Crippen LogP contribution in [0, 0.1) is 6.92 Å². The van der Waals surface area contributed by atoms with Gasteiger partial charge in [0, 0.05) is 11.8 Å². The van der Waals surface area contributed by atoms with E-state index in [1.54, 1.807) is 14.2 Å². The van der Waals surface area contributed by atoms with Crippen molar-refractivity contribution in [3.05, 3.63) is 131 Å². The number of methoxy groups -OCH3 is 2. The number of ether oxygens (including phenoxy) is 2. The molecule has 0 bridgehead atoms. The van der Waals surface area contributed by atoms with Gasteiger partial charge in [0.15, 0.2) is 0 Å². The predicted molar refractivity (Wildman–Crippen MR) is 127 cm³/mol. The molecule has 156 valence electrons. The largest absolute Gasteiger partial charge is 0.497 e. The molecule has 0 aromatic heterocycles. The monoisotopic (exact) mass is 408 g/mol. The molecule has 0 spiro atoms. The van der Waals surface area contributed by atoms with Crippen molar-refractivity contribution in [1.29, 1.82) is 0 Å². The summed E-state index contributed by atoms with van der Waals surface area (Å²) in [4.78, 5) is 0. The lowest BCUT2D eigenvalue weighted by Gasteiger charge is -2.30. The maximum Gasteiger partial charge on any atom is 0.118 e. The van der Waals surface area contributed by atoms with Crippen LogP contribution in [-0.4, -0.2) is 14.2 Å². The van der Waals surface area contributed by atoms with Gasteiger partial charge in [-0.15, -0.1) is 0 Å². The molecule has 0 N–H and O–H groups in total. The second-order valence-electron chi connectivity index (χ2n) is 7.82. The van der Waals surface area contributed by atoms with E-state index in [0.29, 0.717) is 0 Å². The second kappa shape index (κ2) is 9.53. The van der Waals surface area contributed by atoms with Gasteiger partial charge in [-0.3, -0.25) is 0 Å². The second-order valence-corrected chi connectivity index (χ2v) is 7.82. The van der Waals surface area contributed by atoms with Crippen LogP contribution in [0.1, 0.15) is 39.7 Å². The van der Waals surface area contributed by atoms with E-state index < -0.39 is 0 Å². The molecule has 2 atom stereocenters. The molecule has 0 fully saturated rings. The van der Waals surface area contributed by atoms with Crippen LogP contribution in [0.5, 0.6) is 11.5 Å². The minimum absolute atomic E-state index is 0.155. The van der Waals surface area contributed by atoms with E-state index in [1.807, 2.05) is 24.3 Å². The molecule has 2 unspecified atom stereocenters. The highest BCUT2D eigenvalue weighted by Gasteiger charge is 2.28. The Hall–Kier alpha value is -3.52. The van der Waals surface area contributed by atoms with E-state index >= 15 is 0 Å². The maximum atomic E-state index is 5.41. The van der Waals surface area contributed by atoms with Crippen molar-refractivity contribution in [3.8, 4) is 11.5 Å². The summed E-state index contributed by atoms with van der Waals surface area (Å²) in [5.41, 5.74) is 6.36. The summed E-state index contributed by atoms with van der Waals surface area (Å²) in [6.07, 6.45) is 0. The zero-order valence-electron chi connectivity index (χ0n) is 18.3. The van der Waals surface area contributed by atoms with Crippen molar-refractivity contribution in [2.45, 2.75) is 18.8 Å². The van der Waals surface area contributed by atoms with Gasteiger partial charge in [-0.05, 0) is 53.4 Å². The Morgan fingerprint density at radius 2 is 0.806 bits per heavy atom. The third kappa shape index (κ3) is 4.64. The fraction of sp³-hybridized carbons (Fsp3) is 0.172. The van der Waals surface area contributed by atoms with Crippen molar-refractivity contribution in [1.82, 2.24) is 0 Å². The highest BCUT2D eigenvalue weighted by atomic mass is 16.5. The summed E-state index contributed by atoms with van der Waals surface area (Å²) in [5, 5.41) is 0. The Labute approximate surface area is 185 Å². The highest BCUT2D eigenvalue weighted by molar-refractivity contribution is 5.47. The van der Waals surface area contributed by atoms with Crippen LogP contribution in [0.2, 0.25) is 0 Å². The minimum Gasteiger partial charge on any atom is -0.497 e. The Bertz CT molecular complexity index is 1080. The molecule has 0 saturated carbocycles. The molecule has 0 amide bonds. The lowest BCUT2D eigenvalue weighted by atomic mass is 9.73. The standard InChI is InChI=1S/C29H28O2/c1-21-9-11-23(12-10-21)29(25-15-19-27(31-3)20-16-25)28(22-7-5-4-6-8-22)24-13-17-26(30-2)18-14-24/h4-20,28-29H,1-3H3. The van der Waals surface area contributed by atoms with Gasteiger partial charge in [-0.1, -0.05) is 84.4 Å². The van der Waals surface area contributed by atoms with Gasteiger partial charge in [0.05, 0.1) is 14.2 Å². The van der Waals surface area contributed by atoms with E-state index in [-0.39, 0.29) is 11.8 Å². The van der Waals surface area contributed by atoms with Crippen molar-refractivity contribution in [2.24, 2.45) is 0 Å². The Morgan fingerprint density at radius 3 is 1.19 bits per heavy atom.